The van der Waals surface area contributed by atoms with Crippen molar-refractivity contribution in [2.45, 2.75) is 127 Å². The van der Waals surface area contributed by atoms with Gasteiger partial charge in [-0.25, -0.2) is 4.39 Å². The summed E-state index contributed by atoms with van der Waals surface area (Å²) in [5, 5.41) is 10.3. The minimum Gasteiger partial charge on any atom is -0.393 e. The molecule has 1 spiro atoms. The molecule has 5 aliphatic rings. The molecule has 36 heavy (non-hydrogen) atoms. The van der Waals surface area contributed by atoms with Crippen molar-refractivity contribution in [2.24, 2.45) is 40.4 Å². The second kappa shape index (κ2) is 8.22. The molecule has 5 rings (SSSR count). The first-order valence-corrected chi connectivity index (χ1v) is 13.7. The second-order valence-corrected chi connectivity index (χ2v) is 13.3. The Morgan fingerprint density at radius 2 is 1.58 bits per heavy atom. The molecule has 0 amide bonds. The number of alkyl halides is 7. The van der Waals surface area contributed by atoms with E-state index in [0.717, 1.165) is 44.9 Å². The molecule has 4 aliphatic carbocycles. The van der Waals surface area contributed by atoms with Gasteiger partial charge in [0.2, 0.25) is 0 Å². The van der Waals surface area contributed by atoms with Gasteiger partial charge in [-0.1, -0.05) is 27.2 Å². The largest absolute Gasteiger partial charge is 0.431 e. The Balaban J connectivity index is 1.26. The first-order valence-electron chi connectivity index (χ1n) is 13.7. The van der Waals surface area contributed by atoms with Gasteiger partial charge in [0.1, 0.15) is 5.60 Å². The van der Waals surface area contributed by atoms with Gasteiger partial charge in [-0.3, -0.25) is 0 Å². The molecular weight excluding hydrogens is 489 g/mol. The summed E-state index contributed by atoms with van der Waals surface area (Å²) in [7, 11) is 0. The van der Waals surface area contributed by atoms with Gasteiger partial charge in [-0.2, -0.15) is 26.3 Å². The summed E-state index contributed by atoms with van der Waals surface area (Å²) in [4.78, 5) is 0. The summed E-state index contributed by atoms with van der Waals surface area (Å²) in [6, 6.07) is 0. The number of ether oxygens (including phenoxy) is 1. The first-order chi connectivity index (χ1) is 16.5. The predicted molar refractivity (Wildman–Crippen MR) is 120 cm³/mol. The van der Waals surface area contributed by atoms with Crippen molar-refractivity contribution < 1.29 is 40.6 Å². The van der Waals surface area contributed by atoms with E-state index in [4.69, 9.17) is 4.74 Å². The molecule has 0 aromatic carbocycles. The molecule has 5 fully saturated rings. The van der Waals surface area contributed by atoms with Crippen molar-refractivity contribution in [2.75, 3.05) is 0 Å². The zero-order chi connectivity index (χ0) is 26.5. The topological polar surface area (TPSA) is 32.8 Å². The highest BCUT2D eigenvalue weighted by atomic mass is 19.4. The summed E-state index contributed by atoms with van der Waals surface area (Å²) >= 11 is 0. The Kier molecular flexibility index (Phi) is 6.17. The quantitative estimate of drug-likeness (QED) is 0.292. The van der Waals surface area contributed by atoms with Gasteiger partial charge in [0.05, 0.1) is 12.2 Å². The molecule has 0 unspecified atom stereocenters. The summed E-state index contributed by atoms with van der Waals surface area (Å²) in [5.74, 6) is 1.61. The third-order valence-electron chi connectivity index (χ3n) is 11.9. The van der Waals surface area contributed by atoms with Crippen LogP contribution in [0, 0.1) is 40.4 Å². The van der Waals surface area contributed by atoms with Gasteiger partial charge in [-0.05, 0) is 92.8 Å². The summed E-state index contributed by atoms with van der Waals surface area (Å²) in [6.07, 6.45) is -6.51. The van der Waals surface area contributed by atoms with Crippen LogP contribution in [0.2, 0.25) is 0 Å². The Morgan fingerprint density at radius 1 is 0.917 bits per heavy atom. The number of hydrogen-bond acceptors (Lipinski definition) is 2. The van der Waals surface area contributed by atoms with E-state index in [1.54, 1.807) is 0 Å². The number of aliphatic hydroxyl groups is 1. The van der Waals surface area contributed by atoms with Gasteiger partial charge in [0, 0.05) is 11.8 Å². The maximum absolute atomic E-state index is 14.1. The zero-order valence-electron chi connectivity index (χ0n) is 21.3. The lowest BCUT2D eigenvalue weighted by Crippen LogP contribution is -2.58. The minimum atomic E-state index is -5.97. The molecule has 208 valence electrons. The number of halogens is 7. The highest BCUT2D eigenvalue weighted by Crippen LogP contribution is 2.74. The molecule has 1 N–H and O–H groups in total. The van der Waals surface area contributed by atoms with Crippen LogP contribution in [0.3, 0.4) is 0 Å². The third-order valence-corrected chi connectivity index (χ3v) is 11.9. The molecule has 0 radical (unpaired) electrons. The molecule has 2 nitrogen and oxygen atoms in total. The second-order valence-electron chi connectivity index (χ2n) is 13.3. The van der Waals surface area contributed by atoms with Crippen LogP contribution in [0.1, 0.15) is 91.4 Å². The van der Waals surface area contributed by atoms with Crippen molar-refractivity contribution in [3.63, 3.8) is 0 Å². The van der Waals surface area contributed by atoms with E-state index < -0.39 is 30.9 Å². The maximum Gasteiger partial charge on any atom is 0.431 e. The van der Waals surface area contributed by atoms with Gasteiger partial charge in [0.15, 0.2) is 0 Å². The van der Waals surface area contributed by atoms with Crippen LogP contribution in [0.5, 0.6) is 0 Å². The molecule has 0 aromatic heterocycles. The lowest BCUT2D eigenvalue weighted by Gasteiger charge is -2.59. The lowest BCUT2D eigenvalue weighted by molar-refractivity contribution is -0.343. The fraction of sp³-hybridized carbons (Fsp3) is 1.00. The van der Waals surface area contributed by atoms with Crippen molar-refractivity contribution >= 4 is 0 Å². The van der Waals surface area contributed by atoms with Crippen LogP contribution in [0.25, 0.3) is 0 Å². The summed E-state index contributed by atoms with van der Waals surface area (Å²) in [6.45, 7) is 6.54. The molecule has 1 heterocycles. The van der Waals surface area contributed by atoms with Crippen molar-refractivity contribution in [1.82, 2.24) is 0 Å². The van der Waals surface area contributed by atoms with E-state index >= 15 is 0 Å². The molecule has 1 saturated heterocycles. The molecule has 1 aliphatic heterocycles. The normalized spacial score (nSPS) is 47.4. The number of epoxide rings is 1. The molecule has 10 atom stereocenters. The average Bonchev–Trinajstić information content (AvgIpc) is 3.33. The van der Waals surface area contributed by atoms with Gasteiger partial charge < -0.3 is 9.84 Å². The maximum atomic E-state index is 14.1. The Labute approximate surface area is 208 Å². The van der Waals surface area contributed by atoms with Crippen LogP contribution < -0.4 is 0 Å². The van der Waals surface area contributed by atoms with E-state index in [1.165, 1.54) is 0 Å². The highest BCUT2D eigenvalue weighted by molar-refractivity contribution is 5.24. The summed E-state index contributed by atoms with van der Waals surface area (Å²) < 4.78 is 98.2. The van der Waals surface area contributed by atoms with E-state index in [0.29, 0.717) is 24.2 Å². The number of rotatable bonds is 5. The average molecular weight is 529 g/mol. The third kappa shape index (κ3) is 3.63. The minimum absolute atomic E-state index is 0.0130. The van der Waals surface area contributed by atoms with Crippen LogP contribution in [-0.4, -0.2) is 40.9 Å². The molecule has 0 aromatic rings. The van der Waals surface area contributed by atoms with E-state index in [-0.39, 0.29) is 46.9 Å². The van der Waals surface area contributed by atoms with Crippen LogP contribution in [0.15, 0.2) is 0 Å². The van der Waals surface area contributed by atoms with Crippen LogP contribution in [0.4, 0.5) is 30.7 Å². The Morgan fingerprint density at radius 3 is 2.22 bits per heavy atom. The summed E-state index contributed by atoms with van der Waals surface area (Å²) in [5.41, 5.74) is -5.31. The molecule has 4 saturated carbocycles. The number of fused-ring (bicyclic) bond motifs is 4. The van der Waals surface area contributed by atoms with Gasteiger partial charge >= 0.3 is 12.4 Å². The van der Waals surface area contributed by atoms with Crippen LogP contribution >= 0.6 is 0 Å². The Hall–Kier alpha value is -0.570. The SMILES string of the molecule is C[C@H](CCCC(F)(C(F)(F)F)C(F)(F)F)[C@H]1CC[C@H]2[C@@H]3C[C@H]4O[C@]45C[C@@H](O)CC[C@]5(C)[C@H]3CC[C@]12C. The smallest absolute Gasteiger partial charge is 0.393 e. The number of hydrogen-bond donors (Lipinski definition) is 1. The monoisotopic (exact) mass is 528 g/mol. The predicted octanol–water partition coefficient (Wildman–Crippen LogP) is 7.78. The molecular formula is C27H39F7O2. The van der Waals surface area contributed by atoms with Gasteiger partial charge in [-0.15, -0.1) is 0 Å². The van der Waals surface area contributed by atoms with Crippen molar-refractivity contribution in [3.8, 4) is 0 Å². The van der Waals surface area contributed by atoms with E-state index in [9.17, 15) is 35.8 Å². The fourth-order valence-electron chi connectivity index (χ4n) is 9.95. The van der Waals surface area contributed by atoms with Crippen molar-refractivity contribution in [1.29, 1.82) is 0 Å². The standard InChI is InChI=1S/C27H39F7O2/c1-15(5-4-10-25(28,26(29,30)31)27(32,33)34)18-6-7-19-17-13-21-24(36-21)14-16(35)8-12-23(24,3)20(17)9-11-22(18,19)2/h15-21,35H,4-14H2,1-3H3/t15-,16+,17+,18-,19+,20+,21-,22-,23-,24-/m1/s1. The molecule has 0 bridgehead atoms. The lowest BCUT2D eigenvalue weighted by atomic mass is 9.44. The van der Waals surface area contributed by atoms with E-state index in [2.05, 4.69) is 13.8 Å². The fourth-order valence-corrected chi connectivity index (χ4v) is 9.95. The highest BCUT2D eigenvalue weighted by Gasteiger charge is 2.76. The zero-order valence-corrected chi connectivity index (χ0v) is 21.3. The van der Waals surface area contributed by atoms with E-state index in [1.807, 2.05) is 6.92 Å². The van der Waals surface area contributed by atoms with Crippen molar-refractivity contribution in [3.05, 3.63) is 0 Å². The van der Waals surface area contributed by atoms with Gasteiger partial charge in [0.25, 0.3) is 5.67 Å². The molecule has 9 heteroatoms. The first kappa shape index (κ1) is 27.0. The Bertz CT molecular complexity index is 844. The number of aliphatic hydroxyl groups excluding tert-OH is 1. The van der Waals surface area contributed by atoms with Crippen LogP contribution in [-0.2, 0) is 4.74 Å².